The van der Waals surface area contributed by atoms with Crippen molar-refractivity contribution in [3.63, 3.8) is 0 Å². The third-order valence-electron chi connectivity index (χ3n) is 4.53. The summed E-state index contributed by atoms with van der Waals surface area (Å²) in [5.74, 6) is 1.84. The van der Waals surface area contributed by atoms with E-state index in [1.54, 1.807) is 0 Å². The Bertz CT molecular complexity index is 562. The average Bonchev–Trinajstić information content (AvgIpc) is 2.96. The lowest BCUT2D eigenvalue weighted by Crippen LogP contribution is -2.37. The van der Waals surface area contributed by atoms with E-state index in [1.165, 1.54) is 17.8 Å². The molecule has 18 heavy (non-hydrogen) atoms. The Kier molecular flexibility index (Phi) is 2.67. The third-order valence-corrected chi connectivity index (χ3v) is 4.53. The molecular weight excluding hydrogens is 222 g/mol. The minimum atomic E-state index is 0.188. The van der Waals surface area contributed by atoms with Gasteiger partial charge in [0.15, 0.2) is 0 Å². The highest BCUT2D eigenvalue weighted by atomic mass is 15.1. The van der Waals surface area contributed by atoms with E-state index in [0.29, 0.717) is 5.92 Å². The van der Waals surface area contributed by atoms with Gasteiger partial charge in [0.05, 0.1) is 11.0 Å². The molecule has 3 rings (SSSR count). The summed E-state index contributed by atoms with van der Waals surface area (Å²) < 4.78 is 2.28. The zero-order chi connectivity index (χ0) is 12.8. The lowest BCUT2D eigenvalue weighted by Gasteiger charge is -2.32. The van der Waals surface area contributed by atoms with Crippen molar-refractivity contribution in [3.8, 4) is 0 Å². The normalized spacial score (nSPS) is 24.2. The van der Waals surface area contributed by atoms with Crippen molar-refractivity contribution in [2.24, 2.45) is 13.0 Å². The van der Waals surface area contributed by atoms with Gasteiger partial charge in [0.25, 0.3) is 0 Å². The van der Waals surface area contributed by atoms with Gasteiger partial charge >= 0.3 is 0 Å². The molecule has 1 aliphatic heterocycles. The first-order valence-corrected chi connectivity index (χ1v) is 6.78. The van der Waals surface area contributed by atoms with Gasteiger partial charge in [-0.25, -0.2) is 4.98 Å². The van der Waals surface area contributed by atoms with Crippen molar-refractivity contribution in [3.05, 3.63) is 30.1 Å². The second-order valence-electron chi connectivity index (χ2n) is 5.72. The molecule has 3 heteroatoms. The molecule has 1 aromatic heterocycles. The SMILES string of the molecule is CC(C)C1(c2nc3ccccc3n2C)CCNC1. The van der Waals surface area contributed by atoms with Crippen LogP contribution in [0.1, 0.15) is 26.1 Å². The first-order valence-electron chi connectivity index (χ1n) is 6.78. The van der Waals surface area contributed by atoms with Gasteiger partial charge in [0.2, 0.25) is 0 Å². The Morgan fingerprint density at radius 3 is 2.72 bits per heavy atom. The largest absolute Gasteiger partial charge is 0.331 e. The summed E-state index contributed by atoms with van der Waals surface area (Å²) in [5.41, 5.74) is 2.54. The molecule has 1 unspecified atom stereocenters. The van der Waals surface area contributed by atoms with Crippen molar-refractivity contribution < 1.29 is 0 Å². The zero-order valence-electron chi connectivity index (χ0n) is 11.4. The van der Waals surface area contributed by atoms with Gasteiger partial charge in [-0.15, -0.1) is 0 Å². The smallest absolute Gasteiger partial charge is 0.117 e. The van der Waals surface area contributed by atoms with Crippen LogP contribution in [0, 0.1) is 5.92 Å². The van der Waals surface area contributed by atoms with Gasteiger partial charge in [-0.1, -0.05) is 26.0 Å². The number of aromatic nitrogens is 2. The van der Waals surface area contributed by atoms with Crippen molar-refractivity contribution in [2.45, 2.75) is 25.7 Å². The summed E-state index contributed by atoms with van der Waals surface area (Å²) in [6.45, 7) is 6.77. The van der Waals surface area contributed by atoms with Gasteiger partial charge < -0.3 is 9.88 Å². The fourth-order valence-electron chi connectivity index (χ4n) is 3.24. The molecular formula is C15H21N3. The topological polar surface area (TPSA) is 29.9 Å². The molecule has 2 aromatic rings. The minimum Gasteiger partial charge on any atom is -0.331 e. The maximum atomic E-state index is 4.91. The number of rotatable bonds is 2. The maximum Gasteiger partial charge on any atom is 0.117 e. The van der Waals surface area contributed by atoms with Gasteiger partial charge in [-0.2, -0.15) is 0 Å². The Morgan fingerprint density at radius 2 is 2.11 bits per heavy atom. The van der Waals surface area contributed by atoms with Crippen LogP contribution < -0.4 is 5.32 Å². The number of imidazole rings is 1. The molecule has 1 atom stereocenters. The molecule has 2 heterocycles. The molecule has 0 saturated carbocycles. The number of fused-ring (bicyclic) bond motifs is 1. The van der Waals surface area contributed by atoms with Crippen molar-refractivity contribution in [1.29, 1.82) is 0 Å². The van der Waals surface area contributed by atoms with Crippen LogP contribution in [-0.2, 0) is 12.5 Å². The van der Waals surface area contributed by atoms with Crippen LogP contribution in [0.3, 0.4) is 0 Å². The van der Waals surface area contributed by atoms with Gasteiger partial charge in [-0.05, 0) is 31.0 Å². The molecule has 1 aromatic carbocycles. The molecule has 1 saturated heterocycles. The van der Waals surface area contributed by atoms with Crippen LogP contribution >= 0.6 is 0 Å². The Hall–Kier alpha value is -1.35. The number of para-hydroxylation sites is 2. The molecule has 3 nitrogen and oxygen atoms in total. The van der Waals surface area contributed by atoms with Crippen LogP contribution in [-0.4, -0.2) is 22.6 Å². The summed E-state index contributed by atoms with van der Waals surface area (Å²) in [6.07, 6.45) is 1.18. The lowest BCUT2D eigenvalue weighted by molar-refractivity contribution is 0.311. The number of nitrogens with one attached hydrogen (secondary N) is 1. The first-order chi connectivity index (χ1) is 8.65. The second kappa shape index (κ2) is 4.09. The van der Waals surface area contributed by atoms with E-state index >= 15 is 0 Å². The first kappa shape index (κ1) is 11.7. The molecule has 0 amide bonds. The Morgan fingerprint density at radius 1 is 1.33 bits per heavy atom. The number of nitrogens with zero attached hydrogens (tertiary/aromatic N) is 2. The van der Waals surface area contributed by atoms with Crippen LogP contribution in [0.5, 0.6) is 0 Å². The van der Waals surface area contributed by atoms with Gasteiger partial charge in [0, 0.05) is 19.0 Å². The van der Waals surface area contributed by atoms with Crippen molar-refractivity contribution >= 4 is 11.0 Å². The van der Waals surface area contributed by atoms with E-state index in [1.807, 2.05) is 0 Å². The molecule has 0 bridgehead atoms. The number of aryl methyl sites for hydroxylation is 1. The van der Waals surface area contributed by atoms with E-state index < -0.39 is 0 Å². The van der Waals surface area contributed by atoms with Crippen LogP contribution in [0.4, 0.5) is 0 Å². The quantitative estimate of drug-likeness (QED) is 0.878. The summed E-state index contributed by atoms with van der Waals surface area (Å²) in [6, 6.07) is 8.41. The zero-order valence-corrected chi connectivity index (χ0v) is 11.4. The number of hydrogen-bond donors (Lipinski definition) is 1. The van der Waals surface area contributed by atoms with Crippen LogP contribution in [0.15, 0.2) is 24.3 Å². The monoisotopic (exact) mass is 243 g/mol. The summed E-state index contributed by atoms with van der Waals surface area (Å²) in [7, 11) is 2.15. The lowest BCUT2D eigenvalue weighted by atomic mass is 9.75. The third kappa shape index (κ3) is 1.50. The fraction of sp³-hybridized carbons (Fsp3) is 0.533. The van der Waals surface area contributed by atoms with E-state index in [-0.39, 0.29) is 5.41 Å². The standard InChI is InChI=1S/C15H21N3/c1-11(2)15(8-9-16-10-15)14-17-12-6-4-5-7-13(12)18(14)3/h4-7,11,16H,8-10H2,1-3H3. The van der Waals surface area contributed by atoms with Gasteiger partial charge in [-0.3, -0.25) is 0 Å². The van der Waals surface area contributed by atoms with Crippen molar-refractivity contribution in [1.82, 2.24) is 14.9 Å². The molecule has 1 aliphatic rings. The minimum absolute atomic E-state index is 0.188. The highest BCUT2D eigenvalue weighted by Gasteiger charge is 2.42. The highest BCUT2D eigenvalue weighted by molar-refractivity contribution is 5.76. The van der Waals surface area contributed by atoms with Crippen molar-refractivity contribution in [2.75, 3.05) is 13.1 Å². The van der Waals surface area contributed by atoms with E-state index in [2.05, 4.69) is 55.0 Å². The Balaban J connectivity index is 2.21. The molecule has 0 spiro atoms. The fourth-order valence-corrected chi connectivity index (χ4v) is 3.24. The van der Waals surface area contributed by atoms with Crippen LogP contribution in [0.25, 0.3) is 11.0 Å². The molecule has 1 N–H and O–H groups in total. The maximum absolute atomic E-state index is 4.91. The second-order valence-corrected chi connectivity index (χ2v) is 5.72. The predicted molar refractivity (Wildman–Crippen MR) is 74.7 cm³/mol. The summed E-state index contributed by atoms with van der Waals surface area (Å²) >= 11 is 0. The molecule has 96 valence electrons. The highest BCUT2D eigenvalue weighted by Crippen LogP contribution is 2.38. The molecule has 1 fully saturated rings. The van der Waals surface area contributed by atoms with E-state index in [9.17, 15) is 0 Å². The summed E-state index contributed by atoms with van der Waals surface area (Å²) in [4.78, 5) is 4.91. The molecule has 0 aliphatic carbocycles. The number of benzene rings is 1. The summed E-state index contributed by atoms with van der Waals surface area (Å²) in [5, 5.41) is 3.51. The van der Waals surface area contributed by atoms with E-state index in [4.69, 9.17) is 4.98 Å². The Labute approximate surface area is 108 Å². The predicted octanol–water partition coefficient (Wildman–Crippen LogP) is 2.46. The van der Waals surface area contributed by atoms with E-state index in [0.717, 1.165) is 18.6 Å². The number of hydrogen-bond acceptors (Lipinski definition) is 2. The average molecular weight is 243 g/mol. The van der Waals surface area contributed by atoms with Crippen LogP contribution in [0.2, 0.25) is 0 Å². The molecule has 0 radical (unpaired) electrons. The van der Waals surface area contributed by atoms with Gasteiger partial charge in [0.1, 0.15) is 5.82 Å².